The molecule has 0 aliphatic rings. The second-order valence-corrected chi connectivity index (χ2v) is 5.77. The van der Waals surface area contributed by atoms with E-state index in [1.54, 1.807) is 0 Å². The Morgan fingerprint density at radius 3 is 2.15 bits per heavy atom. The molecule has 0 spiro atoms. The van der Waals surface area contributed by atoms with Crippen molar-refractivity contribution in [2.75, 3.05) is 6.61 Å². The van der Waals surface area contributed by atoms with E-state index >= 15 is 0 Å². The first-order valence-electron chi connectivity index (χ1n) is 4.32. The van der Waals surface area contributed by atoms with Crippen molar-refractivity contribution in [3.05, 3.63) is 0 Å². The van der Waals surface area contributed by atoms with Gasteiger partial charge in [0.1, 0.15) is 0 Å². The molecule has 2 N–H and O–H groups in total. The molecular weight excluding hydrogens is 191 g/mol. The van der Waals surface area contributed by atoms with E-state index in [1.807, 2.05) is 13.8 Å². The first-order valence-corrected chi connectivity index (χ1v) is 5.85. The zero-order chi connectivity index (χ0) is 10.7. The van der Waals surface area contributed by atoms with Crippen LogP contribution in [0, 0.1) is 11.3 Å². The van der Waals surface area contributed by atoms with E-state index in [0.717, 1.165) is 6.42 Å². The minimum absolute atomic E-state index is 0.0927. The van der Waals surface area contributed by atoms with Crippen LogP contribution in [0.25, 0.3) is 0 Å². The van der Waals surface area contributed by atoms with Gasteiger partial charge >= 0.3 is 7.82 Å². The predicted octanol–water partition coefficient (Wildman–Crippen LogP) is 2.17. The van der Waals surface area contributed by atoms with E-state index < -0.39 is 7.82 Å². The first-order chi connectivity index (χ1) is 5.62. The van der Waals surface area contributed by atoms with Gasteiger partial charge in [-0.2, -0.15) is 0 Å². The fourth-order valence-corrected chi connectivity index (χ4v) is 1.94. The molecule has 0 aromatic rings. The van der Waals surface area contributed by atoms with Crippen LogP contribution in [-0.4, -0.2) is 16.4 Å². The molecule has 0 unspecified atom stereocenters. The molecule has 0 heterocycles. The molecule has 5 heteroatoms. The number of phosphoric acid groups is 1. The van der Waals surface area contributed by atoms with Crippen molar-refractivity contribution in [3.8, 4) is 0 Å². The van der Waals surface area contributed by atoms with Gasteiger partial charge in [-0.25, -0.2) is 4.57 Å². The molecule has 0 saturated carbocycles. The molecule has 0 aliphatic heterocycles. The Hall–Kier alpha value is 0.110. The van der Waals surface area contributed by atoms with Crippen LogP contribution in [0.4, 0.5) is 0 Å². The molecule has 0 saturated heterocycles. The standard InChI is InChI=1S/C8H19O4P/c1-7(2)5-8(3,4)6-12-13(9,10)11/h7H,5-6H2,1-4H3,(H2,9,10,11). The number of hydrogen-bond acceptors (Lipinski definition) is 2. The largest absolute Gasteiger partial charge is 0.469 e. The molecule has 0 aromatic heterocycles. The molecule has 0 rings (SSSR count). The van der Waals surface area contributed by atoms with Crippen molar-refractivity contribution >= 4 is 7.82 Å². The van der Waals surface area contributed by atoms with Gasteiger partial charge in [-0.15, -0.1) is 0 Å². The lowest BCUT2D eigenvalue weighted by Crippen LogP contribution is -2.20. The van der Waals surface area contributed by atoms with Gasteiger partial charge in [0.2, 0.25) is 0 Å². The van der Waals surface area contributed by atoms with Crippen molar-refractivity contribution in [2.24, 2.45) is 11.3 Å². The fraction of sp³-hybridized carbons (Fsp3) is 1.00. The summed E-state index contributed by atoms with van der Waals surface area (Å²) in [6.45, 7) is 8.10. The summed E-state index contributed by atoms with van der Waals surface area (Å²) in [4.78, 5) is 17.0. The summed E-state index contributed by atoms with van der Waals surface area (Å²) in [5.41, 5.74) is -0.185. The highest BCUT2D eigenvalue weighted by molar-refractivity contribution is 7.46. The smallest absolute Gasteiger partial charge is 0.303 e. The van der Waals surface area contributed by atoms with Crippen LogP contribution >= 0.6 is 7.82 Å². The molecule has 0 fully saturated rings. The van der Waals surface area contributed by atoms with Gasteiger partial charge in [0.05, 0.1) is 6.61 Å². The molecule has 13 heavy (non-hydrogen) atoms. The monoisotopic (exact) mass is 210 g/mol. The molecule has 0 aromatic carbocycles. The highest BCUT2D eigenvalue weighted by atomic mass is 31.2. The quantitative estimate of drug-likeness (QED) is 0.682. The van der Waals surface area contributed by atoms with E-state index in [9.17, 15) is 4.57 Å². The van der Waals surface area contributed by atoms with Gasteiger partial charge in [0.15, 0.2) is 0 Å². The lowest BCUT2D eigenvalue weighted by Gasteiger charge is -2.26. The van der Waals surface area contributed by atoms with E-state index in [0.29, 0.717) is 5.92 Å². The van der Waals surface area contributed by atoms with Crippen LogP contribution in [0.15, 0.2) is 0 Å². The van der Waals surface area contributed by atoms with Gasteiger partial charge in [0, 0.05) is 0 Å². The highest BCUT2D eigenvalue weighted by Gasteiger charge is 2.24. The van der Waals surface area contributed by atoms with Crippen molar-refractivity contribution in [1.82, 2.24) is 0 Å². The van der Waals surface area contributed by atoms with Crippen LogP contribution in [0.3, 0.4) is 0 Å². The van der Waals surface area contributed by atoms with E-state index in [4.69, 9.17) is 9.79 Å². The Balaban J connectivity index is 3.96. The summed E-state index contributed by atoms with van der Waals surface area (Å²) in [6, 6.07) is 0. The number of hydrogen-bond donors (Lipinski definition) is 2. The molecule has 0 aliphatic carbocycles. The van der Waals surface area contributed by atoms with Crippen molar-refractivity contribution < 1.29 is 18.9 Å². The maximum atomic E-state index is 10.4. The summed E-state index contributed by atoms with van der Waals surface area (Å²) >= 11 is 0. The molecule has 0 amide bonds. The molecular formula is C8H19O4P. The molecule has 0 bridgehead atoms. The van der Waals surface area contributed by atoms with Crippen LogP contribution < -0.4 is 0 Å². The third-order valence-electron chi connectivity index (χ3n) is 1.58. The lowest BCUT2D eigenvalue weighted by atomic mass is 9.85. The molecule has 4 nitrogen and oxygen atoms in total. The Morgan fingerprint density at radius 2 is 1.85 bits per heavy atom. The van der Waals surface area contributed by atoms with Gasteiger partial charge in [-0.05, 0) is 17.8 Å². The average molecular weight is 210 g/mol. The zero-order valence-electron chi connectivity index (χ0n) is 8.65. The van der Waals surface area contributed by atoms with Gasteiger partial charge in [-0.3, -0.25) is 4.52 Å². The maximum absolute atomic E-state index is 10.4. The SMILES string of the molecule is CC(C)CC(C)(C)COP(=O)(O)O. The zero-order valence-corrected chi connectivity index (χ0v) is 9.54. The average Bonchev–Trinajstić information content (AvgIpc) is 1.79. The number of phosphoric ester groups is 1. The first kappa shape index (κ1) is 13.1. The summed E-state index contributed by atoms with van der Waals surface area (Å²) in [5.74, 6) is 0.496. The topological polar surface area (TPSA) is 66.8 Å². The Labute approximate surface area is 79.5 Å². The van der Waals surface area contributed by atoms with E-state index in [1.165, 1.54) is 0 Å². The molecule has 80 valence electrons. The van der Waals surface area contributed by atoms with Crippen LogP contribution in [0.5, 0.6) is 0 Å². The van der Waals surface area contributed by atoms with Gasteiger partial charge < -0.3 is 9.79 Å². The fourth-order valence-electron chi connectivity index (χ4n) is 1.42. The minimum atomic E-state index is -4.31. The van der Waals surface area contributed by atoms with E-state index in [2.05, 4.69) is 18.4 Å². The summed E-state index contributed by atoms with van der Waals surface area (Å²) in [5, 5.41) is 0. The number of rotatable bonds is 5. The summed E-state index contributed by atoms with van der Waals surface area (Å²) in [7, 11) is -4.31. The Bertz CT molecular complexity index is 194. The summed E-state index contributed by atoms with van der Waals surface area (Å²) < 4.78 is 14.9. The van der Waals surface area contributed by atoms with E-state index in [-0.39, 0.29) is 12.0 Å². The van der Waals surface area contributed by atoms with Crippen molar-refractivity contribution in [1.29, 1.82) is 0 Å². The molecule has 0 atom stereocenters. The summed E-state index contributed by atoms with van der Waals surface area (Å²) in [6.07, 6.45) is 0.882. The van der Waals surface area contributed by atoms with Crippen LogP contribution in [0.1, 0.15) is 34.1 Å². The van der Waals surface area contributed by atoms with Crippen LogP contribution in [-0.2, 0) is 9.09 Å². The normalized spacial score (nSPS) is 13.8. The van der Waals surface area contributed by atoms with Crippen LogP contribution in [0.2, 0.25) is 0 Å². The third kappa shape index (κ3) is 8.44. The Morgan fingerprint density at radius 1 is 1.38 bits per heavy atom. The van der Waals surface area contributed by atoms with Gasteiger partial charge in [-0.1, -0.05) is 27.7 Å². The predicted molar refractivity (Wildman–Crippen MR) is 51.2 cm³/mol. The second-order valence-electron chi connectivity index (χ2n) is 4.53. The lowest BCUT2D eigenvalue weighted by molar-refractivity contribution is 0.113. The second kappa shape index (κ2) is 4.56. The minimum Gasteiger partial charge on any atom is -0.303 e. The van der Waals surface area contributed by atoms with Crippen molar-refractivity contribution in [2.45, 2.75) is 34.1 Å². The van der Waals surface area contributed by atoms with Gasteiger partial charge in [0.25, 0.3) is 0 Å². The van der Waals surface area contributed by atoms with Crippen molar-refractivity contribution in [3.63, 3.8) is 0 Å². The maximum Gasteiger partial charge on any atom is 0.469 e. The molecule has 0 radical (unpaired) electrons. The highest BCUT2D eigenvalue weighted by Crippen LogP contribution is 2.39. The third-order valence-corrected chi connectivity index (χ3v) is 2.05. The Kier molecular flexibility index (Phi) is 4.60.